The zero-order valence-corrected chi connectivity index (χ0v) is 18.4. The highest BCUT2D eigenvalue weighted by molar-refractivity contribution is 6.51. The summed E-state index contributed by atoms with van der Waals surface area (Å²) in [6.45, 7) is 4.66. The van der Waals surface area contributed by atoms with Crippen LogP contribution in [0.5, 0.6) is 11.5 Å². The van der Waals surface area contributed by atoms with Crippen LogP contribution < -0.4 is 9.64 Å². The Hall–Kier alpha value is -4.06. The van der Waals surface area contributed by atoms with Crippen molar-refractivity contribution in [2.75, 3.05) is 11.5 Å². The Balaban J connectivity index is 1.82. The molecule has 1 saturated heterocycles. The number of rotatable bonds is 6. The number of carbonyl (C=O) groups excluding carboxylic acids is 2. The van der Waals surface area contributed by atoms with Crippen molar-refractivity contribution in [1.82, 2.24) is 0 Å². The summed E-state index contributed by atoms with van der Waals surface area (Å²) in [7, 11) is 0. The van der Waals surface area contributed by atoms with Crippen molar-refractivity contribution in [3.63, 3.8) is 0 Å². The Labute approximate surface area is 192 Å². The third kappa shape index (κ3) is 4.32. The first-order chi connectivity index (χ1) is 15.9. The number of amides is 1. The second kappa shape index (κ2) is 9.20. The molecule has 3 aromatic carbocycles. The fourth-order valence-corrected chi connectivity index (χ4v) is 3.83. The van der Waals surface area contributed by atoms with Crippen LogP contribution in [-0.4, -0.2) is 28.5 Å². The lowest BCUT2D eigenvalue weighted by Gasteiger charge is -2.26. The van der Waals surface area contributed by atoms with E-state index in [-0.39, 0.29) is 22.8 Å². The lowest BCUT2D eigenvalue weighted by Crippen LogP contribution is -2.29. The Morgan fingerprint density at radius 1 is 0.939 bits per heavy atom. The van der Waals surface area contributed by atoms with Crippen molar-refractivity contribution in [3.05, 3.63) is 95.6 Å². The van der Waals surface area contributed by atoms with Gasteiger partial charge in [0.05, 0.1) is 23.9 Å². The molecule has 1 atom stereocenters. The van der Waals surface area contributed by atoms with Crippen molar-refractivity contribution >= 4 is 23.1 Å². The first-order valence-corrected chi connectivity index (χ1v) is 10.8. The second-order valence-corrected chi connectivity index (χ2v) is 8.30. The van der Waals surface area contributed by atoms with Crippen LogP contribution in [0.15, 0.2) is 84.4 Å². The fourth-order valence-electron chi connectivity index (χ4n) is 3.83. The first-order valence-electron chi connectivity index (χ1n) is 10.8. The van der Waals surface area contributed by atoms with Gasteiger partial charge in [-0.25, -0.2) is 0 Å². The fraction of sp³-hybridized carbons (Fsp3) is 0.185. The van der Waals surface area contributed by atoms with E-state index in [0.29, 0.717) is 29.4 Å². The second-order valence-electron chi connectivity index (χ2n) is 8.30. The summed E-state index contributed by atoms with van der Waals surface area (Å²) in [4.78, 5) is 27.5. The summed E-state index contributed by atoms with van der Waals surface area (Å²) < 4.78 is 5.69. The number of para-hydroxylation sites is 2. The van der Waals surface area contributed by atoms with E-state index in [1.165, 1.54) is 11.0 Å². The highest BCUT2D eigenvalue weighted by Crippen LogP contribution is 2.44. The molecule has 1 heterocycles. The summed E-state index contributed by atoms with van der Waals surface area (Å²) in [6.07, 6.45) is 0. The van der Waals surface area contributed by atoms with E-state index >= 15 is 0 Å². The smallest absolute Gasteiger partial charge is 0.300 e. The molecule has 1 aliphatic heterocycles. The molecule has 0 saturated carbocycles. The molecule has 0 aromatic heterocycles. The van der Waals surface area contributed by atoms with Crippen LogP contribution in [-0.2, 0) is 9.59 Å². The van der Waals surface area contributed by atoms with Crippen LogP contribution in [0.25, 0.3) is 5.76 Å². The molecule has 1 amide bonds. The van der Waals surface area contributed by atoms with Gasteiger partial charge >= 0.3 is 0 Å². The number of phenolic OH excluding ortho intramolecular Hbond substituents is 1. The average Bonchev–Trinajstić information content (AvgIpc) is 3.09. The molecule has 0 aliphatic carbocycles. The zero-order chi connectivity index (χ0) is 23.5. The van der Waals surface area contributed by atoms with E-state index in [1.54, 1.807) is 66.7 Å². The van der Waals surface area contributed by atoms with Gasteiger partial charge in [0.15, 0.2) is 0 Å². The highest BCUT2D eigenvalue weighted by Gasteiger charge is 2.47. The zero-order valence-electron chi connectivity index (χ0n) is 18.4. The van der Waals surface area contributed by atoms with Crippen LogP contribution in [0.4, 0.5) is 5.69 Å². The average molecular weight is 443 g/mol. The third-order valence-electron chi connectivity index (χ3n) is 5.41. The quantitative estimate of drug-likeness (QED) is 0.316. The van der Waals surface area contributed by atoms with E-state index in [9.17, 15) is 19.8 Å². The summed E-state index contributed by atoms with van der Waals surface area (Å²) >= 11 is 0. The Kier molecular flexibility index (Phi) is 6.18. The van der Waals surface area contributed by atoms with E-state index in [4.69, 9.17) is 4.74 Å². The molecule has 4 rings (SSSR count). The number of phenols is 1. The molecular weight excluding hydrogens is 418 g/mol. The predicted molar refractivity (Wildman–Crippen MR) is 126 cm³/mol. The number of ether oxygens (including phenoxy) is 1. The molecule has 33 heavy (non-hydrogen) atoms. The lowest BCUT2D eigenvalue weighted by atomic mass is 9.95. The number of aromatic hydroxyl groups is 1. The number of aliphatic hydroxyl groups excluding tert-OH is 1. The molecule has 1 fully saturated rings. The molecule has 0 spiro atoms. The number of nitrogens with zero attached hydrogens (tertiary/aromatic N) is 1. The van der Waals surface area contributed by atoms with Gasteiger partial charge in [-0.05, 0) is 47.9 Å². The molecule has 0 bridgehead atoms. The van der Waals surface area contributed by atoms with Gasteiger partial charge in [0.25, 0.3) is 11.7 Å². The number of hydrogen-bond donors (Lipinski definition) is 2. The molecule has 1 unspecified atom stereocenters. The van der Waals surface area contributed by atoms with Crippen molar-refractivity contribution < 1.29 is 24.5 Å². The van der Waals surface area contributed by atoms with Gasteiger partial charge in [-0.3, -0.25) is 14.5 Å². The molecule has 6 heteroatoms. The van der Waals surface area contributed by atoms with E-state index in [0.717, 1.165) is 0 Å². The van der Waals surface area contributed by atoms with Crippen molar-refractivity contribution in [2.24, 2.45) is 5.92 Å². The largest absolute Gasteiger partial charge is 0.507 e. The lowest BCUT2D eigenvalue weighted by molar-refractivity contribution is -0.132. The maximum absolute atomic E-state index is 13.1. The number of hydrogen-bond acceptors (Lipinski definition) is 5. The first kappa shape index (κ1) is 22.1. The number of aliphatic hydroxyl groups is 1. The minimum absolute atomic E-state index is 0.0368. The molecule has 1 aliphatic rings. The van der Waals surface area contributed by atoms with E-state index in [1.807, 2.05) is 19.9 Å². The summed E-state index contributed by atoms with van der Waals surface area (Å²) in [5.41, 5.74) is 1.19. The molecule has 168 valence electrons. The van der Waals surface area contributed by atoms with Crippen LogP contribution in [0.2, 0.25) is 0 Å². The van der Waals surface area contributed by atoms with Gasteiger partial charge in [-0.15, -0.1) is 0 Å². The van der Waals surface area contributed by atoms with Gasteiger partial charge in [-0.2, -0.15) is 0 Å². The monoisotopic (exact) mass is 443 g/mol. The maximum Gasteiger partial charge on any atom is 0.300 e. The minimum Gasteiger partial charge on any atom is -0.507 e. The molecule has 6 nitrogen and oxygen atoms in total. The predicted octanol–water partition coefficient (Wildman–Crippen LogP) is 5.05. The summed E-state index contributed by atoms with van der Waals surface area (Å²) in [5.74, 6) is -1.03. The number of anilines is 1. The van der Waals surface area contributed by atoms with Gasteiger partial charge in [0.1, 0.15) is 17.3 Å². The van der Waals surface area contributed by atoms with E-state index in [2.05, 4.69) is 0 Å². The SMILES string of the molecule is CC(C)COc1ccc(/C(O)=C2\C(=O)C(=O)N(c3ccccc3O)C2c2ccccc2)cc1. The van der Waals surface area contributed by atoms with Crippen LogP contribution in [0, 0.1) is 5.92 Å². The van der Waals surface area contributed by atoms with Crippen LogP contribution in [0.3, 0.4) is 0 Å². The molecule has 0 radical (unpaired) electrons. The summed E-state index contributed by atoms with van der Waals surface area (Å²) in [5, 5.41) is 21.6. The van der Waals surface area contributed by atoms with Gasteiger partial charge in [0.2, 0.25) is 0 Å². The minimum atomic E-state index is -0.892. The molecule has 2 N–H and O–H groups in total. The van der Waals surface area contributed by atoms with E-state index < -0.39 is 17.7 Å². The van der Waals surface area contributed by atoms with Crippen LogP contribution in [0.1, 0.15) is 31.0 Å². The highest BCUT2D eigenvalue weighted by atomic mass is 16.5. The maximum atomic E-state index is 13.1. The van der Waals surface area contributed by atoms with Gasteiger partial charge in [-0.1, -0.05) is 56.3 Å². The Bertz CT molecular complexity index is 1200. The molecule has 3 aromatic rings. The van der Waals surface area contributed by atoms with Gasteiger partial charge < -0.3 is 14.9 Å². The van der Waals surface area contributed by atoms with Gasteiger partial charge in [0, 0.05) is 5.56 Å². The Morgan fingerprint density at radius 3 is 2.21 bits per heavy atom. The standard InChI is InChI=1S/C27H25NO5/c1-17(2)16-33-20-14-12-19(13-15-20)25(30)23-24(18-8-4-3-5-9-18)28(27(32)26(23)31)21-10-6-7-11-22(21)29/h3-15,17,24,29-30H,16H2,1-2H3/b25-23+. The van der Waals surface area contributed by atoms with Crippen LogP contribution >= 0.6 is 0 Å². The normalized spacial score (nSPS) is 17.5. The number of Topliss-reactive ketones (excluding diaryl/α,β-unsaturated/α-hetero) is 1. The third-order valence-corrected chi connectivity index (χ3v) is 5.41. The number of benzene rings is 3. The summed E-state index contributed by atoms with van der Waals surface area (Å²) in [6, 6.07) is 21.1. The Morgan fingerprint density at radius 2 is 1.58 bits per heavy atom. The van der Waals surface area contributed by atoms with Crippen molar-refractivity contribution in [2.45, 2.75) is 19.9 Å². The topological polar surface area (TPSA) is 87.1 Å². The van der Waals surface area contributed by atoms with Crippen molar-refractivity contribution in [3.8, 4) is 11.5 Å². The number of carbonyl (C=O) groups is 2. The number of ketones is 1. The van der Waals surface area contributed by atoms with Crippen molar-refractivity contribution in [1.29, 1.82) is 0 Å². The molecular formula is C27H25NO5.